The topological polar surface area (TPSA) is 115 Å². The number of halogens is 1. The van der Waals surface area contributed by atoms with Crippen molar-refractivity contribution in [3.63, 3.8) is 0 Å². The van der Waals surface area contributed by atoms with E-state index < -0.39 is 38.8 Å². The quantitative estimate of drug-likeness (QED) is 0.420. The molecule has 12 heteroatoms. The molecule has 0 bridgehead atoms. The van der Waals surface area contributed by atoms with Crippen LogP contribution in [-0.4, -0.2) is 70.8 Å². The van der Waals surface area contributed by atoms with Gasteiger partial charge in [0.1, 0.15) is 11.9 Å². The van der Waals surface area contributed by atoms with Crippen LogP contribution in [0, 0.1) is 5.92 Å². The highest BCUT2D eigenvalue weighted by Gasteiger charge is 2.48. The zero-order valence-corrected chi connectivity index (χ0v) is 22.8. The molecule has 0 spiro atoms. The molecule has 1 aromatic heterocycles. The molecule has 202 valence electrons. The number of aromatic nitrogens is 2. The monoisotopic (exact) mass is 523 g/mol. The molecule has 2 rings (SSSR count). The van der Waals surface area contributed by atoms with E-state index in [2.05, 4.69) is 33.9 Å². The van der Waals surface area contributed by atoms with E-state index in [9.17, 15) is 9.59 Å². The number of carbonyl (C=O) groups excluding carboxylic acids is 1. The summed E-state index contributed by atoms with van der Waals surface area (Å²) >= 11 is 0. The molecule has 10 nitrogen and oxygen atoms in total. The number of hydrogen-bond donors (Lipinski definition) is 2. The SMILES string of the molecule is [2H]CC1OC(n2ccc(NC(C)=O)nc2=O)C(F)C1OP(OCCC(C)C)N(C(C)C)C(C)C.[3H]OC. The molecule has 2 N–H and O–H groups in total. The predicted octanol–water partition coefficient (Wildman–Crippen LogP) is 3.86. The Morgan fingerprint density at radius 1 is 1.43 bits per heavy atom. The summed E-state index contributed by atoms with van der Waals surface area (Å²) in [5.74, 6) is 0.134. The fourth-order valence-corrected chi connectivity index (χ4v) is 5.28. The van der Waals surface area contributed by atoms with E-state index >= 15 is 4.39 Å². The number of hydrogen-bond acceptors (Lipinski definition) is 8. The first-order valence-electron chi connectivity index (χ1n) is 12.8. The fourth-order valence-electron chi connectivity index (χ4n) is 3.50. The average Bonchev–Trinajstić information content (AvgIpc) is 3.08. The number of alkyl halides is 1. The third-order valence-electron chi connectivity index (χ3n) is 5.03. The summed E-state index contributed by atoms with van der Waals surface area (Å²) in [5.41, 5.74) is -0.773. The van der Waals surface area contributed by atoms with Crippen molar-refractivity contribution in [3.05, 3.63) is 22.7 Å². The van der Waals surface area contributed by atoms with Crippen molar-refractivity contribution in [2.75, 3.05) is 19.0 Å². The predicted molar refractivity (Wildman–Crippen MR) is 135 cm³/mol. The van der Waals surface area contributed by atoms with E-state index in [1.54, 1.807) is 0 Å². The summed E-state index contributed by atoms with van der Waals surface area (Å²) < 4.78 is 50.5. The van der Waals surface area contributed by atoms with Crippen molar-refractivity contribution in [3.8, 4) is 0 Å². The van der Waals surface area contributed by atoms with Gasteiger partial charge in [-0.2, -0.15) is 4.98 Å². The minimum atomic E-state index is -1.72. The average molecular weight is 524 g/mol. The zero-order valence-electron chi connectivity index (χ0n) is 23.9. The van der Waals surface area contributed by atoms with Gasteiger partial charge in [-0.3, -0.25) is 9.36 Å². The summed E-state index contributed by atoms with van der Waals surface area (Å²) in [5, 5.41) is 5.92. The largest absolute Gasteiger partial charge is 0.400 e. The molecule has 0 aliphatic carbocycles. The summed E-state index contributed by atoms with van der Waals surface area (Å²) in [6, 6.07) is 1.57. The highest BCUT2D eigenvalue weighted by Crippen LogP contribution is 2.50. The molecule has 1 aromatic rings. The number of amides is 1. The van der Waals surface area contributed by atoms with Crippen LogP contribution in [0.5, 0.6) is 0 Å². The van der Waals surface area contributed by atoms with Crippen molar-refractivity contribution in [2.45, 2.75) is 98.5 Å². The van der Waals surface area contributed by atoms with Gasteiger partial charge in [-0.05, 0) is 53.0 Å². The molecule has 0 radical (unpaired) electrons. The lowest BCUT2D eigenvalue weighted by molar-refractivity contribution is -0.114. The molecule has 1 fully saturated rings. The van der Waals surface area contributed by atoms with E-state index in [4.69, 9.17) is 16.6 Å². The Labute approximate surface area is 212 Å². The summed E-state index contributed by atoms with van der Waals surface area (Å²) in [4.78, 5) is 27.5. The Morgan fingerprint density at radius 2 is 2.06 bits per heavy atom. The molecule has 5 atom stereocenters. The van der Waals surface area contributed by atoms with E-state index in [1.165, 1.54) is 26.3 Å². The van der Waals surface area contributed by atoms with Gasteiger partial charge < -0.3 is 24.2 Å². The normalized spacial score (nSPS) is 23.8. The standard InChI is InChI=1S/C22H38FN4O5P.CH4O/c1-13(2)10-12-30-33(27(14(3)4)15(5)6)32-20-16(7)31-21(19(20)23)26-11-9-18(24-17(8)28)25-22(26)29;1-2/h9,11,13-16,19-21H,10,12H2,1-8H3,(H,24,25,28,29);2H,1H3/i7D;2T. The lowest BCUT2D eigenvalue weighted by Crippen LogP contribution is -2.38. The summed E-state index contributed by atoms with van der Waals surface area (Å²) in [6.07, 6.45) is -2.85. The molecule has 1 aliphatic heterocycles. The number of carbonyl (C=O) groups is 1. The van der Waals surface area contributed by atoms with Gasteiger partial charge in [0, 0.05) is 33.7 Å². The molecular weight excluding hydrogens is 478 g/mol. The summed E-state index contributed by atoms with van der Waals surface area (Å²) in [6.45, 7) is 13.8. The lowest BCUT2D eigenvalue weighted by atomic mass is 10.2. The van der Waals surface area contributed by atoms with E-state index in [1.807, 2.05) is 27.7 Å². The van der Waals surface area contributed by atoms with E-state index in [0.29, 0.717) is 12.5 Å². The molecule has 5 unspecified atom stereocenters. The van der Waals surface area contributed by atoms with Gasteiger partial charge in [0.15, 0.2) is 12.4 Å². The first-order valence-corrected chi connectivity index (χ1v) is 12.8. The van der Waals surface area contributed by atoms with Crippen LogP contribution < -0.4 is 11.0 Å². The van der Waals surface area contributed by atoms with Gasteiger partial charge in [0.25, 0.3) is 8.53 Å². The van der Waals surface area contributed by atoms with Gasteiger partial charge in [-0.1, -0.05) is 13.8 Å². The first kappa shape index (κ1) is 28.1. The second-order valence-electron chi connectivity index (χ2n) is 9.08. The van der Waals surface area contributed by atoms with Crippen LogP contribution >= 0.6 is 8.53 Å². The number of aliphatic hydroxyl groups excluding tert-OH is 1. The minimum Gasteiger partial charge on any atom is -0.400 e. The van der Waals surface area contributed by atoms with Gasteiger partial charge in [-0.15, -0.1) is 0 Å². The molecule has 1 amide bonds. The summed E-state index contributed by atoms with van der Waals surface area (Å²) in [7, 11) is -0.343. The maximum absolute atomic E-state index is 15.7. The van der Waals surface area contributed by atoms with Gasteiger partial charge in [-0.25, -0.2) is 13.9 Å². The highest BCUT2D eigenvalue weighted by molar-refractivity contribution is 7.44. The number of nitrogens with one attached hydrogen (secondary N) is 1. The Balaban J connectivity index is 0.00000217. The molecular formula is C23H42FN4O6P. The second kappa shape index (κ2) is 14.9. The zero-order chi connectivity index (χ0) is 28.3. The van der Waals surface area contributed by atoms with E-state index in [0.717, 1.165) is 11.0 Å². The number of nitrogens with zero attached hydrogens (tertiary/aromatic N) is 3. The van der Waals surface area contributed by atoms with Crippen LogP contribution in [0.2, 0.25) is 0 Å². The third kappa shape index (κ3) is 9.15. The van der Waals surface area contributed by atoms with Crippen molar-refractivity contribution in [1.29, 1.82) is 1.43 Å². The number of rotatable bonds is 11. The van der Waals surface area contributed by atoms with Crippen LogP contribution in [0.1, 0.15) is 69.4 Å². The van der Waals surface area contributed by atoms with Gasteiger partial charge >= 0.3 is 5.69 Å². The van der Waals surface area contributed by atoms with Crippen molar-refractivity contribution >= 4 is 20.3 Å². The van der Waals surface area contributed by atoms with E-state index in [-0.39, 0.29) is 30.7 Å². The lowest BCUT2D eigenvalue weighted by Gasteiger charge is -2.37. The van der Waals surface area contributed by atoms with Crippen LogP contribution in [0.15, 0.2) is 17.1 Å². The molecule has 0 aromatic carbocycles. The Morgan fingerprint density at radius 3 is 2.54 bits per heavy atom. The second-order valence-corrected chi connectivity index (χ2v) is 10.5. The van der Waals surface area contributed by atoms with Gasteiger partial charge in [0.2, 0.25) is 7.34 Å². The Kier molecular flexibility index (Phi) is 12.0. The Hall–Kier alpha value is -1.49. The highest BCUT2D eigenvalue weighted by atomic mass is 31.2. The minimum absolute atomic E-state index is 0.0681. The third-order valence-corrected chi connectivity index (χ3v) is 7.16. The van der Waals surface area contributed by atoms with Crippen molar-refractivity contribution < 1.29 is 29.4 Å². The first-order chi connectivity index (χ1) is 17.4. The molecule has 2 heterocycles. The maximum atomic E-state index is 15.7. The number of anilines is 1. The van der Waals surface area contributed by atoms with Crippen molar-refractivity contribution in [1.82, 2.24) is 14.2 Å². The molecule has 1 saturated heterocycles. The smallest absolute Gasteiger partial charge is 0.351 e. The Bertz CT molecular complexity index is 874. The molecule has 1 aliphatic rings. The van der Waals surface area contributed by atoms with Gasteiger partial charge in [0.05, 0.1) is 12.7 Å². The molecule has 0 saturated carbocycles. The van der Waals surface area contributed by atoms with Crippen LogP contribution in [-0.2, 0) is 18.6 Å². The van der Waals surface area contributed by atoms with Crippen LogP contribution in [0.4, 0.5) is 10.2 Å². The number of aliphatic hydroxyl groups is 1. The van der Waals surface area contributed by atoms with Crippen LogP contribution in [0.25, 0.3) is 0 Å². The fraction of sp³-hybridized carbons (Fsp3) is 0.783. The van der Waals surface area contributed by atoms with Crippen molar-refractivity contribution in [2.24, 2.45) is 5.92 Å². The molecule has 35 heavy (non-hydrogen) atoms. The maximum Gasteiger partial charge on any atom is 0.351 e. The number of ether oxygens (including phenoxy) is 1. The van der Waals surface area contributed by atoms with Crippen LogP contribution in [0.3, 0.4) is 0 Å².